The molecule has 0 saturated heterocycles. The molecule has 0 bridgehead atoms. The predicted octanol–water partition coefficient (Wildman–Crippen LogP) is 1.73. The van der Waals surface area contributed by atoms with E-state index in [1.807, 2.05) is 50.6 Å². The number of carbonyl (C=O) groups is 1. The third kappa shape index (κ3) is 6.56. The number of likely N-dealkylation sites (N-methyl/N-ethyl adjacent to an activating group) is 1. The summed E-state index contributed by atoms with van der Waals surface area (Å²) in [6, 6.07) is 9.62. The lowest BCUT2D eigenvalue weighted by Gasteiger charge is -2.17. The molecule has 1 unspecified atom stereocenters. The zero-order valence-corrected chi connectivity index (χ0v) is 14.9. The molecule has 0 aliphatic rings. The van der Waals surface area contributed by atoms with Gasteiger partial charge in [0, 0.05) is 31.8 Å². The lowest BCUT2D eigenvalue weighted by Crippen LogP contribution is -2.32. The van der Waals surface area contributed by atoms with Crippen molar-refractivity contribution in [3.63, 3.8) is 0 Å². The molecule has 2 aromatic rings. The molecule has 3 N–H and O–H groups in total. The standard InChI is InChI=1S/C18H27N5O2/c1-22(2)9-10-23-14-17(13-20-23)21-18(25)19-12-16(8-11-24)15-6-4-3-5-7-15/h3-7,13-14,16,24H,8-12H2,1-2H3,(H2,19,21,25). The Bertz CT molecular complexity index is 642. The van der Waals surface area contributed by atoms with E-state index >= 15 is 0 Å². The van der Waals surface area contributed by atoms with Crippen LogP contribution in [-0.4, -0.2) is 59.6 Å². The molecule has 25 heavy (non-hydrogen) atoms. The summed E-state index contributed by atoms with van der Waals surface area (Å²) in [4.78, 5) is 14.2. The van der Waals surface area contributed by atoms with E-state index in [-0.39, 0.29) is 18.6 Å². The van der Waals surface area contributed by atoms with Crippen LogP contribution >= 0.6 is 0 Å². The minimum absolute atomic E-state index is 0.0831. The second-order valence-electron chi connectivity index (χ2n) is 6.25. The molecule has 7 nitrogen and oxygen atoms in total. The maximum absolute atomic E-state index is 12.1. The van der Waals surface area contributed by atoms with E-state index in [1.54, 1.807) is 10.9 Å². The van der Waals surface area contributed by atoms with E-state index in [4.69, 9.17) is 0 Å². The number of rotatable bonds is 9. The van der Waals surface area contributed by atoms with E-state index in [0.29, 0.717) is 18.7 Å². The minimum Gasteiger partial charge on any atom is -0.396 e. The van der Waals surface area contributed by atoms with Crippen LogP contribution in [0.25, 0.3) is 0 Å². The first-order valence-electron chi connectivity index (χ1n) is 8.46. The Morgan fingerprint density at radius 3 is 2.76 bits per heavy atom. The molecule has 2 amide bonds. The van der Waals surface area contributed by atoms with E-state index in [9.17, 15) is 9.90 Å². The molecule has 0 aliphatic carbocycles. The molecule has 0 aliphatic heterocycles. The number of carbonyl (C=O) groups excluding carboxylic acids is 1. The zero-order chi connectivity index (χ0) is 18.1. The smallest absolute Gasteiger partial charge is 0.319 e. The summed E-state index contributed by atoms with van der Waals surface area (Å²) in [5, 5.41) is 19.1. The van der Waals surface area contributed by atoms with Gasteiger partial charge in [0.1, 0.15) is 0 Å². The van der Waals surface area contributed by atoms with E-state index < -0.39 is 0 Å². The Hall–Kier alpha value is -2.38. The number of anilines is 1. The molecule has 0 radical (unpaired) electrons. The topological polar surface area (TPSA) is 82.4 Å². The number of amides is 2. The summed E-state index contributed by atoms with van der Waals surface area (Å²) in [7, 11) is 4.01. The number of nitrogens with one attached hydrogen (secondary N) is 2. The summed E-state index contributed by atoms with van der Waals surface area (Å²) in [6.45, 7) is 2.20. The van der Waals surface area contributed by atoms with Crippen molar-refractivity contribution in [1.29, 1.82) is 0 Å². The van der Waals surface area contributed by atoms with Gasteiger partial charge >= 0.3 is 6.03 Å². The highest BCUT2D eigenvalue weighted by Crippen LogP contribution is 2.18. The fourth-order valence-corrected chi connectivity index (χ4v) is 2.51. The minimum atomic E-state index is -0.272. The maximum atomic E-state index is 12.1. The van der Waals surface area contributed by atoms with Crippen LogP contribution in [0.5, 0.6) is 0 Å². The van der Waals surface area contributed by atoms with Crippen LogP contribution in [0.3, 0.4) is 0 Å². The van der Waals surface area contributed by atoms with Crippen molar-refractivity contribution in [2.24, 2.45) is 0 Å². The second kappa shape index (κ2) is 9.80. The fraction of sp³-hybridized carbons (Fsp3) is 0.444. The van der Waals surface area contributed by atoms with E-state index in [2.05, 4.69) is 20.6 Å². The molecule has 0 spiro atoms. The SMILES string of the molecule is CN(C)CCn1cc(NC(=O)NCC(CCO)c2ccccc2)cn1. The van der Waals surface area contributed by atoms with Gasteiger partial charge in [-0.1, -0.05) is 30.3 Å². The largest absolute Gasteiger partial charge is 0.396 e. The van der Waals surface area contributed by atoms with Gasteiger partial charge in [-0.25, -0.2) is 4.79 Å². The fourth-order valence-electron chi connectivity index (χ4n) is 2.51. The highest BCUT2D eigenvalue weighted by Gasteiger charge is 2.12. The van der Waals surface area contributed by atoms with Crippen molar-refractivity contribution in [3.05, 3.63) is 48.3 Å². The van der Waals surface area contributed by atoms with Gasteiger partial charge in [0.2, 0.25) is 0 Å². The molecule has 1 heterocycles. The Labute approximate surface area is 148 Å². The van der Waals surface area contributed by atoms with Crippen molar-refractivity contribution in [2.45, 2.75) is 18.9 Å². The number of aromatic nitrogens is 2. The quantitative estimate of drug-likeness (QED) is 0.646. The molecule has 136 valence electrons. The Balaban J connectivity index is 1.83. The van der Waals surface area contributed by atoms with Gasteiger partial charge in [-0.15, -0.1) is 0 Å². The molecular formula is C18H27N5O2. The third-order valence-electron chi connectivity index (χ3n) is 3.92. The average Bonchev–Trinajstić information content (AvgIpc) is 3.05. The number of aliphatic hydroxyl groups is 1. The Kier molecular flexibility index (Phi) is 7.43. The Morgan fingerprint density at radius 2 is 2.08 bits per heavy atom. The number of nitrogens with zero attached hydrogens (tertiary/aromatic N) is 3. The molecular weight excluding hydrogens is 318 g/mol. The number of urea groups is 1. The number of hydrogen-bond donors (Lipinski definition) is 3. The van der Waals surface area contributed by atoms with Gasteiger partial charge in [0.25, 0.3) is 0 Å². The zero-order valence-electron chi connectivity index (χ0n) is 14.9. The van der Waals surface area contributed by atoms with Gasteiger partial charge in [0.15, 0.2) is 0 Å². The molecule has 1 aromatic heterocycles. The normalized spacial score (nSPS) is 12.2. The van der Waals surface area contributed by atoms with Crippen LogP contribution in [-0.2, 0) is 6.54 Å². The number of aliphatic hydroxyl groups excluding tert-OH is 1. The second-order valence-corrected chi connectivity index (χ2v) is 6.25. The lowest BCUT2D eigenvalue weighted by atomic mass is 9.96. The summed E-state index contributed by atoms with van der Waals surface area (Å²) >= 11 is 0. The van der Waals surface area contributed by atoms with Crippen LogP contribution in [0, 0.1) is 0 Å². The van der Waals surface area contributed by atoms with Crippen molar-refractivity contribution < 1.29 is 9.90 Å². The van der Waals surface area contributed by atoms with Crippen molar-refractivity contribution >= 4 is 11.7 Å². The van der Waals surface area contributed by atoms with Crippen molar-refractivity contribution in [3.8, 4) is 0 Å². The van der Waals surface area contributed by atoms with Gasteiger partial charge in [-0.05, 0) is 26.1 Å². The van der Waals surface area contributed by atoms with Gasteiger partial charge in [-0.3, -0.25) is 4.68 Å². The summed E-state index contributed by atoms with van der Waals surface area (Å²) in [6.07, 6.45) is 4.05. The van der Waals surface area contributed by atoms with E-state index in [0.717, 1.165) is 18.7 Å². The summed E-state index contributed by atoms with van der Waals surface area (Å²) < 4.78 is 1.80. The van der Waals surface area contributed by atoms with Crippen LogP contribution in [0.2, 0.25) is 0 Å². The van der Waals surface area contributed by atoms with Gasteiger partial charge in [-0.2, -0.15) is 5.10 Å². The van der Waals surface area contributed by atoms with E-state index in [1.165, 1.54) is 0 Å². The Morgan fingerprint density at radius 1 is 1.32 bits per heavy atom. The first-order chi connectivity index (χ1) is 12.1. The van der Waals surface area contributed by atoms with Crippen LogP contribution in [0.4, 0.5) is 10.5 Å². The predicted molar refractivity (Wildman–Crippen MR) is 98.7 cm³/mol. The molecule has 0 saturated carbocycles. The van der Waals surface area contributed by atoms with Crippen LogP contribution < -0.4 is 10.6 Å². The third-order valence-corrected chi connectivity index (χ3v) is 3.92. The van der Waals surface area contributed by atoms with Crippen LogP contribution in [0.15, 0.2) is 42.7 Å². The lowest BCUT2D eigenvalue weighted by molar-refractivity contribution is 0.248. The molecule has 0 fully saturated rings. The van der Waals surface area contributed by atoms with Crippen molar-refractivity contribution in [1.82, 2.24) is 20.0 Å². The number of benzene rings is 1. The highest BCUT2D eigenvalue weighted by molar-refractivity contribution is 5.88. The first-order valence-corrected chi connectivity index (χ1v) is 8.46. The van der Waals surface area contributed by atoms with Crippen molar-refractivity contribution in [2.75, 3.05) is 39.1 Å². The molecule has 1 aromatic carbocycles. The average molecular weight is 345 g/mol. The summed E-state index contributed by atoms with van der Waals surface area (Å²) in [5.41, 5.74) is 1.77. The number of hydrogen-bond acceptors (Lipinski definition) is 4. The molecule has 7 heteroatoms. The molecule has 1 atom stereocenters. The van der Waals surface area contributed by atoms with Gasteiger partial charge < -0.3 is 20.6 Å². The molecule has 2 rings (SSSR count). The maximum Gasteiger partial charge on any atom is 0.319 e. The van der Waals surface area contributed by atoms with Crippen LogP contribution in [0.1, 0.15) is 17.9 Å². The monoisotopic (exact) mass is 345 g/mol. The highest BCUT2D eigenvalue weighted by atomic mass is 16.3. The van der Waals surface area contributed by atoms with Gasteiger partial charge in [0.05, 0.1) is 18.4 Å². The summed E-state index contributed by atoms with van der Waals surface area (Å²) in [5.74, 6) is 0.0831. The first kappa shape index (κ1) is 19.0.